The van der Waals surface area contributed by atoms with Gasteiger partial charge in [-0.05, 0) is 49.9 Å². The third-order valence-electron chi connectivity index (χ3n) is 4.19. The summed E-state index contributed by atoms with van der Waals surface area (Å²) >= 11 is 1.63. The molecule has 3 aromatic rings. The molecule has 1 aliphatic carbocycles. The third kappa shape index (κ3) is 2.33. The summed E-state index contributed by atoms with van der Waals surface area (Å²) < 4.78 is 5.82. The van der Waals surface area contributed by atoms with Crippen molar-refractivity contribution in [3.05, 3.63) is 57.5 Å². The molecule has 2 aromatic heterocycles. The van der Waals surface area contributed by atoms with Crippen LogP contribution in [0.3, 0.4) is 0 Å². The first-order valence-corrected chi connectivity index (χ1v) is 8.43. The van der Waals surface area contributed by atoms with Gasteiger partial charge in [-0.1, -0.05) is 18.2 Å². The molecule has 3 nitrogen and oxygen atoms in total. The molecule has 0 radical (unpaired) electrons. The number of carbonyl (C=O) groups excluding carboxylic acids is 1. The second-order valence-corrected chi connectivity index (χ2v) is 6.93. The summed E-state index contributed by atoms with van der Waals surface area (Å²) in [6.45, 7) is 1.96. The zero-order chi connectivity index (χ0) is 15.1. The van der Waals surface area contributed by atoms with Crippen molar-refractivity contribution in [2.75, 3.05) is 0 Å². The van der Waals surface area contributed by atoms with Crippen LogP contribution in [0, 0.1) is 0 Å². The number of thiophene rings is 1. The normalized spacial score (nSPS) is 15.0. The number of benzene rings is 1. The van der Waals surface area contributed by atoms with E-state index in [4.69, 9.17) is 4.42 Å². The number of amides is 1. The van der Waals surface area contributed by atoms with Gasteiger partial charge in [-0.25, -0.2) is 0 Å². The standard InChI is InChI=1S/C18H17NO2S/c1-11(15-9-12-5-2-3-7-14(12)21-15)19-18(20)17-10-13-6-4-8-16(13)22-17/h2-3,5,7,9-11H,4,6,8H2,1H3,(H,19,20)/t11-/m1/s1. The van der Waals surface area contributed by atoms with Crippen molar-refractivity contribution in [3.8, 4) is 0 Å². The van der Waals surface area contributed by atoms with Crippen molar-refractivity contribution in [1.82, 2.24) is 5.32 Å². The Bertz CT molecular complexity index is 791. The van der Waals surface area contributed by atoms with Crippen LogP contribution >= 0.6 is 11.3 Å². The molecule has 0 saturated carbocycles. The van der Waals surface area contributed by atoms with E-state index in [1.807, 2.05) is 43.3 Å². The Morgan fingerprint density at radius 2 is 2.14 bits per heavy atom. The molecule has 22 heavy (non-hydrogen) atoms. The average molecular weight is 311 g/mol. The molecule has 0 unspecified atom stereocenters. The SMILES string of the molecule is C[C@@H](NC(=O)c1cc2c(s1)CCC2)c1cc2ccccc2o1. The van der Waals surface area contributed by atoms with Crippen molar-refractivity contribution < 1.29 is 9.21 Å². The number of hydrogen-bond donors (Lipinski definition) is 1. The maximum Gasteiger partial charge on any atom is 0.261 e. The molecule has 1 aromatic carbocycles. The highest BCUT2D eigenvalue weighted by Gasteiger charge is 2.20. The Kier molecular flexibility index (Phi) is 3.26. The van der Waals surface area contributed by atoms with E-state index in [1.165, 1.54) is 16.9 Å². The number of carbonyl (C=O) groups is 1. The van der Waals surface area contributed by atoms with E-state index in [0.29, 0.717) is 0 Å². The minimum Gasteiger partial charge on any atom is -0.459 e. The van der Waals surface area contributed by atoms with E-state index in [1.54, 1.807) is 11.3 Å². The van der Waals surface area contributed by atoms with E-state index in [0.717, 1.165) is 34.4 Å². The number of hydrogen-bond acceptors (Lipinski definition) is 3. The van der Waals surface area contributed by atoms with E-state index < -0.39 is 0 Å². The van der Waals surface area contributed by atoms with Crippen LogP contribution in [-0.4, -0.2) is 5.91 Å². The van der Waals surface area contributed by atoms with Gasteiger partial charge < -0.3 is 9.73 Å². The zero-order valence-corrected chi connectivity index (χ0v) is 13.2. The first-order chi connectivity index (χ1) is 10.7. The Morgan fingerprint density at radius 1 is 1.27 bits per heavy atom. The lowest BCUT2D eigenvalue weighted by molar-refractivity contribution is 0.0940. The first-order valence-electron chi connectivity index (χ1n) is 7.61. The van der Waals surface area contributed by atoms with Crippen LogP contribution < -0.4 is 5.32 Å². The second kappa shape index (κ2) is 5.29. The first kappa shape index (κ1) is 13.6. The Labute approximate surface area is 133 Å². The monoisotopic (exact) mass is 311 g/mol. The minimum atomic E-state index is -0.142. The Balaban J connectivity index is 1.52. The molecule has 4 rings (SSSR count). The lowest BCUT2D eigenvalue weighted by atomic mass is 10.2. The molecular weight excluding hydrogens is 294 g/mol. The fraction of sp³-hybridized carbons (Fsp3) is 0.278. The maximum atomic E-state index is 12.4. The fourth-order valence-corrected chi connectivity index (χ4v) is 4.15. The number of furan rings is 1. The highest BCUT2D eigenvalue weighted by molar-refractivity contribution is 7.14. The topological polar surface area (TPSA) is 42.2 Å². The lowest BCUT2D eigenvalue weighted by Crippen LogP contribution is -2.25. The summed E-state index contributed by atoms with van der Waals surface area (Å²) in [5, 5.41) is 4.10. The summed E-state index contributed by atoms with van der Waals surface area (Å²) in [5.74, 6) is 0.783. The van der Waals surface area contributed by atoms with Crippen LogP contribution in [0.15, 0.2) is 40.8 Å². The number of rotatable bonds is 3. The maximum absolute atomic E-state index is 12.4. The predicted octanol–water partition coefficient (Wildman–Crippen LogP) is 4.47. The van der Waals surface area contributed by atoms with Gasteiger partial charge in [-0.2, -0.15) is 0 Å². The molecule has 112 valence electrons. The van der Waals surface area contributed by atoms with Gasteiger partial charge in [0.25, 0.3) is 5.91 Å². The third-order valence-corrected chi connectivity index (χ3v) is 5.43. The highest BCUT2D eigenvalue weighted by atomic mass is 32.1. The zero-order valence-electron chi connectivity index (χ0n) is 12.4. The second-order valence-electron chi connectivity index (χ2n) is 5.79. The predicted molar refractivity (Wildman–Crippen MR) is 88.4 cm³/mol. The van der Waals surface area contributed by atoms with Crippen molar-refractivity contribution in [1.29, 1.82) is 0 Å². The van der Waals surface area contributed by atoms with Crippen LogP contribution in [0.4, 0.5) is 0 Å². The molecular formula is C18H17NO2S. The Hall–Kier alpha value is -2.07. The summed E-state index contributed by atoms with van der Waals surface area (Å²) in [6, 6.07) is 11.8. The van der Waals surface area contributed by atoms with E-state index in [9.17, 15) is 4.79 Å². The molecule has 1 aliphatic rings. The van der Waals surface area contributed by atoms with Gasteiger partial charge in [0.1, 0.15) is 11.3 Å². The van der Waals surface area contributed by atoms with Crippen molar-refractivity contribution in [2.45, 2.75) is 32.2 Å². The van der Waals surface area contributed by atoms with Gasteiger partial charge in [0.05, 0.1) is 10.9 Å². The van der Waals surface area contributed by atoms with Gasteiger partial charge in [0.2, 0.25) is 0 Å². The van der Waals surface area contributed by atoms with Gasteiger partial charge in [-0.15, -0.1) is 11.3 Å². The molecule has 0 saturated heterocycles. The average Bonchev–Trinajstić information content (AvgIpc) is 3.20. The van der Waals surface area contributed by atoms with E-state index in [2.05, 4.69) is 5.32 Å². The van der Waals surface area contributed by atoms with Gasteiger partial charge in [0, 0.05) is 10.3 Å². The molecule has 0 spiro atoms. The lowest BCUT2D eigenvalue weighted by Gasteiger charge is -2.10. The molecule has 4 heteroatoms. The molecule has 2 heterocycles. The van der Waals surface area contributed by atoms with Crippen LogP contribution in [-0.2, 0) is 12.8 Å². The molecule has 0 bridgehead atoms. The van der Waals surface area contributed by atoms with Crippen LogP contribution in [0.25, 0.3) is 11.0 Å². The fourth-order valence-electron chi connectivity index (χ4n) is 3.00. The molecule has 0 fully saturated rings. The van der Waals surface area contributed by atoms with Crippen LogP contribution in [0.2, 0.25) is 0 Å². The number of aryl methyl sites for hydroxylation is 2. The summed E-state index contributed by atoms with van der Waals surface area (Å²) in [7, 11) is 0. The molecule has 1 atom stereocenters. The van der Waals surface area contributed by atoms with Gasteiger partial charge in [0.15, 0.2) is 0 Å². The van der Waals surface area contributed by atoms with Crippen LogP contribution in [0.1, 0.15) is 45.3 Å². The van der Waals surface area contributed by atoms with E-state index in [-0.39, 0.29) is 11.9 Å². The van der Waals surface area contributed by atoms with E-state index >= 15 is 0 Å². The number of fused-ring (bicyclic) bond motifs is 2. The van der Waals surface area contributed by atoms with Gasteiger partial charge >= 0.3 is 0 Å². The highest BCUT2D eigenvalue weighted by Crippen LogP contribution is 2.31. The molecule has 1 N–H and O–H groups in total. The van der Waals surface area contributed by atoms with Crippen molar-refractivity contribution in [2.24, 2.45) is 0 Å². The summed E-state index contributed by atoms with van der Waals surface area (Å²) in [5.41, 5.74) is 2.21. The molecule has 1 amide bonds. The molecule has 0 aliphatic heterocycles. The van der Waals surface area contributed by atoms with Crippen LogP contribution in [0.5, 0.6) is 0 Å². The van der Waals surface area contributed by atoms with Crippen molar-refractivity contribution in [3.63, 3.8) is 0 Å². The smallest absolute Gasteiger partial charge is 0.261 e. The Morgan fingerprint density at radius 3 is 2.95 bits per heavy atom. The number of nitrogens with one attached hydrogen (secondary N) is 1. The van der Waals surface area contributed by atoms with Gasteiger partial charge in [-0.3, -0.25) is 4.79 Å². The quantitative estimate of drug-likeness (QED) is 0.775. The minimum absolute atomic E-state index is 0.00708. The largest absolute Gasteiger partial charge is 0.459 e. The van der Waals surface area contributed by atoms with Crippen molar-refractivity contribution >= 4 is 28.2 Å². The number of para-hydroxylation sites is 1. The summed E-state index contributed by atoms with van der Waals surface area (Å²) in [4.78, 5) is 14.6. The summed E-state index contributed by atoms with van der Waals surface area (Å²) in [6.07, 6.45) is 3.45.